The fourth-order valence-electron chi connectivity index (χ4n) is 4.59. The van der Waals surface area contributed by atoms with Gasteiger partial charge in [0.05, 0.1) is 35.5 Å². The van der Waals surface area contributed by atoms with Crippen LogP contribution in [0.25, 0.3) is 10.9 Å². The van der Waals surface area contributed by atoms with Gasteiger partial charge in [-0.15, -0.1) is 9.19 Å². The first kappa shape index (κ1) is 24.8. The van der Waals surface area contributed by atoms with Crippen molar-refractivity contribution in [1.82, 2.24) is 23.9 Å². The molecule has 4 rings (SSSR count). The van der Waals surface area contributed by atoms with Gasteiger partial charge in [0.1, 0.15) is 11.6 Å². The topological polar surface area (TPSA) is 126 Å². The molecule has 3 heterocycles. The fourth-order valence-corrected chi connectivity index (χ4v) is 5.58. The second-order valence-electron chi connectivity index (χ2n) is 8.89. The summed E-state index contributed by atoms with van der Waals surface area (Å²) in [6.07, 6.45) is 1.44. The van der Waals surface area contributed by atoms with Gasteiger partial charge in [-0.3, -0.25) is 9.69 Å². The van der Waals surface area contributed by atoms with Crippen LogP contribution in [0.4, 0.5) is 5.69 Å². The van der Waals surface area contributed by atoms with Gasteiger partial charge >= 0.3 is 0 Å². The number of piperazine rings is 1. The zero-order valence-electron chi connectivity index (χ0n) is 20.2. The highest BCUT2D eigenvalue weighted by Crippen LogP contribution is 2.32. The monoisotopic (exact) mass is 499 g/mol. The van der Waals surface area contributed by atoms with E-state index in [2.05, 4.69) is 40.0 Å². The maximum atomic E-state index is 12.9. The van der Waals surface area contributed by atoms with Crippen molar-refractivity contribution in [3.05, 3.63) is 52.1 Å². The number of aromatic nitrogens is 4. The molecule has 0 spiro atoms. The minimum atomic E-state index is -3.62. The Labute approximate surface area is 204 Å². The third-order valence-electron chi connectivity index (χ3n) is 6.51. The largest absolute Gasteiger partial charge is 0.384 e. The van der Waals surface area contributed by atoms with Crippen molar-refractivity contribution in [2.45, 2.75) is 32.5 Å². The van der Waals surface area contributed by atoms with Crippen LogP contribution in [0, 0.1) is 11.3 Å². The molecule has 0 radical (unpaired) electrons. The summed E-state index contributed by atoms with van der Waals surface area (Å²) in [4.78, 5) is 17.3. The van der Waals surface area contributed by atoms with Crippen molar-refractivity contribution < 1.29 is 13.2 Å². The van der Waals surface area contributed by atoms with Crippen LogP contribution >= 0.6 is 0 Å². The molecule has 0 unspecified atom stereocenters. The highest BCUT2D eigenvalue weighted by molar-refractivity contribution is 7.89. The Hall–Kier alpha value is -3.27. The molecular formula is C23H29N7O4S. The van der Waals surface area contributed by atoms with Gasteiger partial charge < -0.3 is 14.2 Å². The molecule has 0 aliphatic carbocycles. The number of hydrogen-bond acceptors (Lipinski definition) is 9. The minimum absolute atomic E-state index is 0.00528. The van der Waals surface area contributed by atoms with Crippen LogP contribution < -0.4 is 10.5 Å². The molecule has 1 fully saturated rings. The molecule has 3 aromatic rings. The van der Waals surface area contributed by atoms with Crippen LogP contribution in [0.5, 0.6) is 0 Å². The molecule has 1 aromatic carbocycles. The molecular weight excluding hydrogens is 470 g/mol. The summed E-state index contributed by atoms with van der Waals surface area (Å²) in [5, 5.41) is 18.6. The first-order valence-corrected chi connectivity index (χ1v) is 12.9. The van der Waals surface area contributed by atoms with Gasteiger partial charge in [-0.2, -0.15) is 5.26 Å². The molecule has 0 amide bonds. The zero-order chi connectivity index (χ0) is 25.3. The van der Waals surface area contributed by atoms with Gasteiger partial charge in [0.15, 0.2) is 0 Å². The second-order valence-corrected chi connectivity index (χ2v) is 10.8. The molecule has 186 valence electrons. The van der Waals surface area contributed by atoms with Crippen molar-refractivity contribution in [2.75, 3.05) is 37.5 Å². The summed E-state index contributed by atoms with van der Waals surface area (Å²) >= 11 is 0. The third kappa shape index (κ3) is 4.67. The summed E-state index contributed by atoms with van der Waals surface area (Å²) in [5.41, 5.74) is 1.83. The van der Waals surface area contributed by atoms with Crippen LogP contribution in [0.15, 0.2) is 35.3 Å². The van der Waals surface area contributed by atoms with Gasteiger partial charge in [-0.05, 0) is 19.9 Å². The number of rotatable bonds is 7. The number of methoxy groups -OCH3 is 1. The van der Waals surface area contributed by atoms with E-state index in [4.69, 9.17) is 4.74 Å². The smallest absolute Gasteiger partial charge is 0.270 e. The van der Waals surface area contributed by atoms with Crippen LogP contribution in [0.2, 0.25) is 0 Å². The predicted molar refractivity (Wildman–Crippen MR) is 132 cm³/mol. The lowest BCUT2D eigenvalue weighted by molar-refractivity contribution is 0.156. The Morgan fingerprint density at radius 1 is 1.20 bits per heavy atom. The van der Waals surface area contributed by atoms with Crippen LogP contribution in [-0.4, -0.2) is 76.9 Å². The van der Waals surface area contributed by atoms with Crippen molar-refractivity contribution in [3.63, 3.8) is 0 Å². The van der Waals surface area contributed by atoms with Gasteiger partial charge in [-0.1, -0.05) is 23.4 Å². The van der Waals surface area contributed by atoms with E-state index in [1.807, 2.05) is 24.3 Å². The van der Waals surface area contributed by atoms with Crippen molar-refractivity contribution in [3.8, 4) is 6.07 Å². The maximum Gasteiger partial charge on any atom is 0.270 e. The highest BCUT2D eigenvalue weighted by Gasteiger charge is 2.33. The van der Waals surface area contributed by atoms with Gasteiger partial charge in [0.25, 0.3) is 15.6 Å². The van der Waals surface area contributed by atoms with Gasteiger partial charge in [0.2, 0.25) is 0 Å². The zero-order valence-corrected chi connectivity index (χ0v) is 21.1. The Balaban J connectivity index is 1.60. The van der Waals surface area contributed by atoms with E-state index < -0.39 is 10.0 Å². The molecule has 1 aliphatic rings. The molecule has 2 aromatic heterocycles. The molecule has 0 N–H and O–H groups in total. The van der Waals surface area contributed by atoms with Gasteiger partial charge in [-0.25, -0.2) is 8.42 Å². The van der Waals surface area contributed by atoms with Crippen molar-refractivity contribution >= 4 is 26.6 Å². The first-order valence-electron chi connectivity index (χ1n) is 11.3. The number of nitriles is 1. The van der Waals surface area contributed by atoms with Crippen molar-refractivity contribution in [1.29, 1.82) is 5.26 Å². The first-order chi connectivity index (χ1) is 16.7. The lowest BCUT2D eigenvalue weighted by Gasteiger charge is -2.45. The van der Waals surface area contributed by atoms with E-state index in [1.54, 1.807) is 7.05 Å². The van der Waals surface area contributed by atoms with E-state index in [0.717, 1.165) is 15.0 Å². The third-order valence-corrected chi connectivity index (χ3v) is 7.94. The summed E-state index contributed by atoms with van der Waals surface area (Å²) in [5.74, 6) is -0.176. The van der Waals surface area contributed by atoms with E-state index >= 15 is 0 Å². The summed E-state index contributed by atoms with van der Waals surface area (Å²) in [7, 11) is -0.491. The molecule has 2 atom stereocenters. The number of nitrogens with zero attached hydrogens (tertiary/aromatic N) is 7. The van der Waals surface area contributed by atoms with Crippen LogP contribution in [0.3, 0.4) is 0 Å². The standard InChI is InChI=1S/C23H29N7O4S/c1-16-13-29(22-19-7-5-6-8-21(19)27(3)23(31)20(22)11-24)17(2)12-28(16)14-18-15-30(26-25-18)35(32,33)10-9-34-4/h5-8,15-17H,9-10,12-14H2,1-4H3/t16-,17+/m1/s1. The lowest BCUT2D eigenvalue weighted by atomic mass is 10.0. The maximum absolute atomic E-state index is 12.9. The number of pyridine rings is 1. The Kier molecular flexibility index (Phi) is 6.93. The SMILES string of the molecule is COCCS(=O)(=O)n1cc(CN2C[C@H](C)N(c3c(C#N)c(=O)n(C)c4ccccc34)C[C@H]2C)nn1. The summed E-state index contributed by atoms with van der Waals surface area (Å²) in [6.45, 7) is 5.86. The summed E-state index contributed by atoms with van der Waals surface area (Å²) < 4.78 is 32.0. The molecule has 0 saturated carbocycles. The summed E-state index contributed by atoms with van der Waals surface area (Å²) in [6, 6.07) is 9.80. The van der Waals surface area contributed by atoms with E-state index in [1.165, 1.54) is 17.9 Å². The van der Waals surface area contributed by atoms with Crippen LogP contribution in [0.1, 0.15) is 25.1 Å². The van der Waals surface area contributed by atoms with Gasteiger partial charge in [0, 0.05) is 51.3 Å². The van der Waals surface area contributed by atoms with E-state index in [0.29, 0.717) is 31.0 Å². The Morgan fingerprint density at radius 3 is 2.66 bits per heavy atom. The quantitative estimate of drug-likeness (QED) is 0.466. The van der Waals surface area contributed by atoms with Crippen LogP contribution in [-0.2, 0) is 28.4 Å². The number of anilines is 1. The molecule has 0 bridgehead atoms. The number of benzene rings is 1. The predicted octanol–water partition coefficient (Wildman–Crippen LogP) is 0.925. The van der Waals surface area contributed by atoms with E-state index in [9.17, 15) is 18.5 Å². The second kappa shape index (κ2) is 9.77. The molecule has 35 heavy (non-hydrogen) atoms. The molecule has 1 saturated heterocycles. The number of ether oxygens (including phenoxy) is 1. The fraction of sp³-hybridized carbons (Fsp3) is 0.478. The number of hydrogen-bond donors (Lipinski definition) is 0. The molecule has 11 nitrogen and oxygen atoms in total. The minimum Gasteiger partial charge on any atom is -0.384 e. The normalized spacial score (nSPS) is 19.2. The van der Waals surface area contributed by atoms with Crippen molar-refractivity contribution in [2.24, 2.45) is 7.05 Å². The average Bonchev–Trinajstić information content (AvgIpc) is 3.32. The van der Waals surface area contributed by atoms with E-state index in [-0.39, 0.29) is 35.6 Å². The Morgan fingerprint density at radius 2 is 1.94 bits per heavy atom. The molecule has 1 aliphatic heterocycles. The Bertz CT molecular complexity index is 1440. The average molecular weight is 500 g/mol. The number of fused-ring (bicyclic) bond motifs is 1. The highest BCUT2D eigenvalue weighted by atomic mass is 32.2. The molecule has 12 heteroatoms. The number of aryl methyl sites for hydroxylation is 1. The number of para-hydroxylation sites is 1. The lowest BCUT2D eigenvalue weighted by Crippen LogP contribution is -2.56.